The monoisotopic (exact) mass is 531 g/mol. The highest BCUT2D eigenvalue weighted by atomic mass is 35.5. The van der Waals surface area contributed by atoms with Crippen molar-refractivity contribution in [3.05, 3.63) is 95.6 Å². The van der Waals surface area contributed by atoms with Crippen molar-refractivity contribution >= 4 is 37.5 Å². The number of nitrogens with zero attached hydrogens (tertiary/aromatic N) is 3. The summed E-state index contributed by atoms with van der Waals surface area (Å²) in [6, 6.07) is 22.1. The smallest absolute Gasteiger partial charge is 0.283 e. The van der Waals surface area contributed by atoms with E-state index in [1.807, 2.05) is 32.0 Å². The van der Waals surface area contributed by atoms with Crippen LogP contribution >= 0.6 is 11.6 Å². The van der Waals surface area contributed by atoms with Gasteiger partial charge in [-0.3, -0.25) is 0 Å². The molecule has 0 spiro atoms. The lowest BCUT2D eigenvalue weighted by Gasteiger charge is -2.31. The van der Waals surface area contributed by atoms with Crippen LogP contribution in [-0.4, -0.2) is 50.8 Å². The Kier molecular flexibility index (Phi) is 7.32. The summed E-state index contributed by atoms with van der Waals surface area (Å²) in [6.45, 7) is 4.13. The molecule has 3 aromatic carbocycles. The van der Waals surface area contributed by atoms with Crippen LogP contribution in [0.3, 0.4) is 0 Å². The molecule has 0 aliphatic carbocycles. The fourth-order valence-electron chi connectivity index (χ4n) is 4.00. The van der Waals surface area contributed by atoms with Crippen molar-refractivity contribution < 1.29 is 16.8 Å². The molecule has 35 heavy (non-hydrogen) atoms. The average molecular weight is 532 g/mol. The molecule has 4 rings (SSSR count). The molecule has 1 fully saturated rings. The van der Waals surface area contributed by atoms with Gasteiger partial charge in [0.1, 0.15) is 12.0 Å². The predicted molar refractivity (Wildman–Crippen MR) is 137 cm³/mol. The van der Waals surface area contributed by atoms with Gasteiger partial charge in [0.15, 0.2) is 0 Å². The van der Waals surface area contributed by atoms with E-state index in [0.717, 1.165) is 11.1 Å². The molecular formula is C25H26ClN3O4S2. The first-order chi connectivity index (χ1) is 16.6. The molecule has 0 aromatic heterocycles. The summed E-state index contributed by atoms with van der Waals surface area (Å²) in [4.78, 5) is 1.87. The quantitative estimate of drug-likeness (QED) is 0.268. The number of aryl methyl sites for hydroxylation is 2. The van der Waals surface area contributed by atoms with Crippen LogP contribution in [0.15, 0.2) is 93.1 Å². The van der Waals surface area contributed by atoms with Gasteiger partial charge in [0.2, 0.25) is 10.0 Å². The second-order valence-corrected chi connectivity index (χ2v) is 12.1. The van der Waals surface area contributed by atoms with E-state index in [2.05, 4.69) is 4.40 Å². The molecule has 1 aliphatic heterocycles. The first kappa shape index (κ1) is 25.4. The van der Waals surface area contributed by atoms with E-state index in [0.29, 0.717) is 5.56 Å². The van der Waals surface area contributed by atoms with Gasteiger partial charge in [-0.25, -0.2) is 8.42 Å². The zero-order valence-corrected chi connectivity index (χ0v) is 21.8. The molecule has 184 valence electrons. The lowest BCUT2D eigenvalue weighted by atomic mass is 10.1. The molecule has 0 radical (unpaired) electrons. The summed E-state index contributed by atoms with van der Waals surface area (Å²) >= 11 is 6.21. The molecule has 10 heteroatoms. The van der Waals surface area contributed by atoms with Crippen molar-refractivity contribution in [2.24, 2.45) is 4.40 Å². The Morgan fingerprint density at radius 3 is 1.91 bits per heavy atom. The van der Waals surface area contributed by atoms with Gasteiger partial charge in [0, 0.05) is 13.1 Å². The van der Waals surface area contributed by atoms with Crippen molar-refractivity contribution in [1.29, 1.82) is 0 Å². The molecule has 7 nitrogen and oxygen atoms in total. The standard InChI is InChI=1S/C25H26ClN3O4S2/c1-19-8-12-22(13-9-19)34(30,31)27-24(18-26)28-16-17-29(25(28)21-6-4-3-5-7-21)35(32,33)23-14-10-20(2)11-15-23/h3-15,25H,16-18H2,1-2H3/t25-/m1/s1. The Bertz CT molecular complexity index is 1420. The SMILES string of the molecule is Cc1ccc(S(=O)(=O)N=C(CCl)N2CCN(S(=O)(=O)c3ccc(C)cc3)[C@@H]2c2ccccc2)cc1. The molecule has 3 aromatic rings. The molecule has 0 unspecified atom stereocenters. The lowest BCUT2D eigenvalue weighted by Crippen LogP contribution is -2.39. The molecule has 1 heterocycles. The minimum absolute atomic E-state index is 0.0466. The van der Waals surface area contributed by atoms with E-state index < -0.39 is 26.2 Å². The number of halogens is 1. The number of amidine groups is 1. The highest BCUT2D eigenvalue weighted by Gasteiger charge is 2.42. The summed E-state index contributed by atoms with van der Waals surface area (Å²) < 4.78 is 58.8. The van der Waals surface area contributed by atoms with Crippen molar-refractivity contribution in [1.82, 2.24) is 9.21 Å². The van der Waals surface area contributed by atoms with Crippen molar-refractivity contribution in [2.45, 2.75) is 29.8 Å². The maximum Gasteiger partial charge on any atom is 0.283 e. The van der Waals surface area contributed by atoms with Crippen LogP contribution in [0.25, 0.3) is 0 Å². The number of hydrogen-bond acceptors (Lipinski definition) is 4. The van der Waals surface area contributed by atoms with Crippen LogP contribution < -0.4 is 0 Å². The second-order valence-electron chi connectivity index (χ2n) is 8.34. The molecule has 1 saturated heterocycles. The summed E-state index contributed by atoms with van der Waals surface area (Å²) in [5.74, 6) is -0.116. The van der Waals surface area contributed by atoms with Gasteiger partial charge in [0.25, 0.3) is 10.0 Å². The average Bonchev–Trinajstić information content (AvgIpc) is 3.30. The number of hydrogen-bond donors (Lipinski definition) is 0. The molecule has 0 amide bonds. The topological polar surface area (TPSA) is 87.1 Å². The summed E-state index contributed by atoms with van der Waals surface area (Å²) in [5, 5.41) is 0. The lowest BCUT2D eigenvalue weighted by molar-refractivity contribution is 0.284. The first-order valence-corrected chi connectivity index (χ1v) is 14.4. The molecular weight excluding hydrogens is 506 g/mol. The van der Waals surface area contributed by atoms with E-state index in [9.17, 15) is 16.8 Å². The molecule has 0 bridgehead atoms. The highest BCUT2D eigenvalue weighted by Crippen LogP contribution is 2.36. The third-order valence-electron chi connectivity index (χ3n) is 5.85. The van der Waals surface area contributed by atoms with Crippen LogP contribution in [0.1, 0.15) is 22.9 Å². The normalized spacial score (nSPS) is 17.6. The van der Waals surface area contributed by atoms with Crippen LogP contribution in [0, 0.1) is 13.8 Å². The Morgan fingerprint density at radius 1 is 0.829 bits per heavy atom. The Hall–Kier alpha value is -2.72. The molecule has 1 aliphatic rings. The van der Waals surface area contributed by atoms with E-state index in [1.54, 1.807) is 53.4 Å². The van der Waals surface area contributed by atoms with Gasteiger partial charge < -0.3 is 4.90 Å². The molecule has 0 N–H and O–H groups in total. The highest BCUT2D eigenvalue weighted by molar-refractivity contribution is 7.90. The zero-order valence-electron chi connectivity index (χ0n) is 19.4. The van der Waals surface area contributed by atoms with Crippen molar-refractivity contribution in [3.8, 4) is 0 Å². The van der Waals surface area contributed by atoms with Gasteiger partial charge in [-0.15, -0.1) is 16.0 Å². The predicted octanol–water partition coefficient (Wildman–Crippen LogP) is 4.33. The molecule has 1 atom stereocenters. The van der Waals surface area contributed by atoms with Crippen LogP contribution in [-0.2, 0) is 20.0 Å². The van der Waals surface area contributed by atoms with Gasteiger partial charge in [-0.1, -0.05) is 65.7 Å². The van der Waals surface area contributed by atoms with Crippen molar-refractivity contribution in [2.75, 3.05) is 19.0 Å². The van der Waals surface area contributed by atoms with E-state index in [4.69, 9.17) is 11.6 Å². The Labute approximate surface area is 211 Å². The fraction of sp³-hybridized carbons (Fsp3) is 0.240. The Morgan fingerprint density at radius 2 is 1.37 bits per heavy atom. The van der Waals surface area contributed by atoms with E-state index in [1.165, 1.54) is 16.4 Å². The van der Waals surface area contributed by atoms with Gasteiger partial charge in [-0.05, 0) is 43.7 Å². The zero-order chi connectivity index (χ0) is 25.2. The van der Waals surface area contributed by atoms with Gasteiger partial charge >= 0.3 is 0 Å². The Balaban J connectivity index is 1.78. The maximum atomic E-state index is 13.6. The van der Waals surface area contributed by atoms with E-state index >= 15 is 0 Å². The second kappa shape index (κ2) is 10.1. The van der Waals surface area contributed by atoms with Crippen LogP contribution in [0.4, 0.5) is 0 Å². The third-order valence-corrected chi connectivity index (χ3v) is 9.28. The largest absolute Gasteiger partial charge is 0.336 e. The summed E-state index contributed by atoms with van der Waals surface area (Å²) in [6.07, 6.45) is -0.798. The van der Waals surface area contributed by atoms with E-state index in [-0.39, 0.29) is 34.6 Å². The van der Waals surface area contributed by atoms with Crippen LogP contribution in [0.2, 0.25) is 0 Å². The minimum Gasteiger partial charge on any atom is -0.336 e. The number of sulfonamides is 2. The minimum atomic E-state index is -4.05. The van der Waals surface area contributed by atoms with Gasteiger partial charge in [0.05, 0.1) is 15.7 Å². The number of rotatable bonds is 6. The maximum absolute atomic E-state index is 13.6. The van der Waals surface area contributed by atoms with Gasteiger partial charge in [-0.2, -0.15) is 12.7 Å². The molecule has 0 saturated carbocycles. The number of alkyl halides is 1. The van der Waals surface area contributed by atoms with Crippen molar-refractivity contribution in [3.63, 3.8) is 0 Å². The third kappa shape index (κ3) is 5.28. The number of benzene rings is 3. The fourth-order valence-corrected chi connectivity index (χ4v) is 6.89. The van der Waals surface area contributed by atoms with Crippen LogP contribution in [0.5, 0.6) is 0 Å². The summed E-state index contributed by atoms with van der Waals surface area (Å²) in [7, 11) is -7.93. The first-order valence-electron chi connectivity index (χ1n) is 11.0. The summed E-state index contributed by atoms with van der Waals surface area (Å²) in [5.41, 5.74) is 2.56.